The van der Waals surface area contributed by atoms with Crippen molar-refractivity contribution in [1.82, 2.24) is 4.90 Å². The lowest BCUT2D eigenvalue weighted by Gasteiger charge is -2.39. The third kappa shape index (κ3) is 6.09. The number of benzene rings is 1. The Hall–Kier alpha value is -2.00. The zero-order valence-electron chi connectivity index (χ0n) is 15.8. The fraction of sp³-hybridized carbons (Fsp3) is 0.526. The molecule has 1 aromatic rings. The Morgan fingerprint density at radius 1 is 1.28 bits per heavy atom. The molecule has 4 nitrogen and oxygen atoms in total. The van der Waals surface area contributed by atoms with Gasteiger partial charge in [-0.05, 0) is 32.9 Å². The van der Waals surface area contributed by atoms with E-state index in [0.29, 0.717) is 24.4 Å². The molecule has 1 amide bonds. The number of halogens is 1. The van der Waals surface area contributed by atoms with Crippen molar-refractivity contribution in [2.24, 2.45) is 0 Å². The minimum Gasteiger partial charge on any atom is -0.487 e. The second-order valence-corrected chi connectivity index (χ2v) is 13.0. The van der Waals surface area contributed by atoms with Crippen LogP contribution in [0.3, 0.4) is 0 Å². The number of likely N-dealkylation sites (tertiary alicyclic amines) is 1. The van der Waals surface area contributed by atoms with Gasteiger partial charge in [0.25, 0.3) is 0 Å². The van der Waals surface area contributed by atoms with Crippen molar-refractivity contribution in [1.29, 1.82) is 0 Å². The summed E-state index contributed by atoms with van der Waals surface area (Å²) >= 11 is 0. The van der Waals surface area contributed by atoms with E-state index in [-0.39, 0.29) is 18.0 Å². The van der Waals surface area contributed by atoms with Crippen molar-refractivity contribution >= 4 is 14.2 Å². The van der Waals surface area contributed by atoms with Gasteiger partial charge in [0.2, 0.25) is 0 Å². The van der Waals surface area contributed by atoms with Gasteiger partial charge in [-0.1, -0.05) is 25.6 Å². The van der Waals surface area contributed by atoms with Crippen molar-refractivity contribution in [3.8, 4) is 17.2 Å². The Bertz CT molecular complexity index is 704. The number of ether oxygens (including phenoxy) is 2. The number of rotatable bonds is 2. The Kier molecular flexibility index (Phi) is 5.48. The molecule has 136 valence electrons. The van der Waals surface area contributed by atoms with E-state index in [9.17, 15) is 9.18 Å². The van der Waals surface area contributed by atoms with E-state index in [1.807, 2.05) is 20.8 Å². The van der Waals surface area contributed by atoms with Gasteiger partial charge >= 0.3 is 6.09 Å². The first-order valence-corrected chi connectivity index (χ1v) is 11.9. The molecule has 0 N–H and O–H groups in total. The van der Waals surface area contributed by atoms with E-state index in [1.54, 1.807) is 17.0 Å². The predicted octanol–water partition coefficient (Wildman–Crippen LogP) is 4.05. The maximum Gasteiger partial charge on any atom is 0.410 e. The van der Waals surface area contributed by atoms with E-state index in [0.717, 1.165) is 0 Å². The molecule has 0 aromatic heterocycles. The van der Waals surface area contributed by atoms with Crippen LogP contribution in [0.4, 0.5) is 9.18 Å². The Morgan fingerprint density at radius 3 is 2.44 bits per heavy atom. The highest BCUT2D eigenvalue weighted by molar-refractivity contribution is 6.83. The highest BCUT2D eigenvalue weighted by atomic mass is 28.3. The van der Waals surface area contributed by atoms with Crippen molar-refractivity contribution in [2.45, 2.75) is 52.1 Å². The molecule has 1 saturated heterocycles. The summed E-state index contributed by atoms with van der Waals surface area (Å²) in [4.78, 5) is 13.4. The summed E-state index contributed by atoms with van der Waals surface area (Å²) in [6.45, 7) is 12.7. The van der Waals surface area contributed by atoms with Crippen LogP contribution in [-0.2, 0) is 4.74 Å². The predicted molar refractivity (Wildman–Crippen MR) is 98.8 cm³/mol. The van der Waals surface area contributed by atoms with Crippen LogP contribution >= 0.6 is 0 Å². The standard InChI is InChI=1S/C19H26FNO3Si/c1-19(2,3)24-18(22)21-12-16(13-21)23-15-8-7-14(17(20)11-15)9-10-25(4,5)6/h7-8,11,16H,12-13H2,1-6H3. The summed E-state index contributed by atoms with van der Waals surface area (Å²) in [5, 5.41) is 0. The first-order chi connectivity index (χ1) is 11.4. The number of nitrogens with zero attached hydrogens (tertiary/aromatic N) is 1. The monoisotopic (exact) mass is 363 g/mol. The van der Waals surface area contributed by atoms with Gasteiger partial charge in [-0.3, -0.25) is 0 Å². The van der Waals surface area contributed by atoms with Crippen molar-refractivity contribution in [3.63, 3.8) is 0 Å². The maximum atomic E-state index is 14.1. The lowest BCUT2D eigenvalue weighted by Crippen LogP contribution is -2.57. The van der Waals surface area contributed by atoms with Crippen LogP contribution < -0.4 is 4.74 Å². The van der Waals surface area contributed by atoms with Gasteiger partial charge in [0.1, 0.15) is 31.3 Å². The SMILES string of the molecule is CC(C)(C)OC(=O)N1CC(Oc2ccc(C#C[Si](C)(C)C)c(F)c2)C1. The lowest BCUT2D eigenvalue weighted by molar-refractivity contribution is -0.0222. The molecule has 25 heavy (non-hydrogen) atoms. The minimum absolute atomic E-state index is 0.147. The number of hydrogen-bond acceptors (Lipinski definition) is 3. The summed E-state index contributed by atoms with van der Waals surface area (Å²) in [5.41, 5.74) is 3.02. The number of hydrogen-bond donors (Lipinski definition) is 0. The second kappa shape index (κ2) is 7.09. The lowest BCUT2D eigenvalue weighted by atomic mass is 10.1. The summed E-state index contributed by atoms with van der Waals surface area (Å²) in [5.74, 6) is 2.98. The third-order valence-corrected chi connectivity index (χ3v) is 4.19. The third-order valence-electron chi connectivity index (χ3n) is 3.32. The molecule has 6 heteroatoms. The van der Waals surface area contributed by atoms with Gasteiger partial charge < -0.3 is 14.4 Å². The molecular formula is C19H26FNO3Si. The fourth-order valence-electron chi connectivity index (χ4n) is 2.11. The van der Waals surface area contributed by atoms with E-state index >= 15 is 0 Å². The van der Waals surface area contributed by atoms with Crippen LogP contribution in [-0.4, -0.2) is 43.9 Å². The van der Waals surface area contributed by atoms with E-state index in [1.165, 1.54) is 6.07 Å². The summed E-state index contributed by atoms with van der Waals surface area (Å²) in [6.07, 6.45) is -0.499. The van der Waals surface area contributed by atoms with Crippen LogP contribution in [0, 0.1) is 17.3 Å². The molecule has 1 aromatic carbocycles. The van der Waals surface area contributed by atoms with Crippen molar-refractivity contribution in [2.75, 3.05) is 13.1 Å². The van der Waals surface area contributed by atoms with E-state index in [4.69, 9.17) is 9.47 Å². The molecule has 0 unspecified atom stereocenters. The average Bonchev–Trinajstić information content (AvgIpc) is 2.38. The van der Waals surface area contributed by atoms with Crippen LogP contribution in [0.2, 0.25) is 19.6 Å². The number of amides is 1. The summed E-state index contributed by atoms with van der Waals surface area (Å²) < 4.78 is 25.1. The van der Waals surface area contributed by atoms with Gasteiger partial charge in [-0.25, -0.2) is 9.18 Å². The molecule has 2 rings (SSSR count). The molecule has 0 bridgehead atoms. The first kappa shape index (κ1) is 19.3. The first-order valence-electron chi connectivity index (χ1n) is 8.40. The van der Waals surface area contributed by atoms with Gasteiger partial charge in [0.15, 0.2) is 0 Å². The van der Waals surface area contributed by atoms with Crippen molar-refractivity contribution < 1.29 is 18.7 Å². The maximum absolute atomic E-state index is 14.1. The van der Waals surface area contributed by atoms with Gasteiger partial charge in [0.05, 0.1) is 18.7 Å². The summed E-state index contributed by atoms with van der Waals surface area (Å²) in [6, 6.07) is 4.71. The quantitative estimate of drug-likeness (QED) is 0.588. The van der Waals surface area contributed by atoms with E-state index in [2.05, 4.69) is 31.1 Å². The molecule has 1 aliphatic heterocycles. The Labute approximate surface area is 150 Å². The second-order valence-electron chi connectivity index (χ2n) is 8.27. The Morgan fingerprint density at radius 2 is 1.92 bits per heavy atom. The molecule has 0 saturated carbocycles. The largest absolute Gasteiger partial charge is 0.487 e. The molecule has 0 atom stereocenters. The van der Waals surface area contributed by atoms with Gasteiger partial charge in [0, 0.05) is 6.07 Å². The molecular weight excluding hydrogens is 337 g/mol. The van der Waals surface area contributed by atoms with Gasteiger partial charge in [-0.2, -0.15) is 0 Å². The normalized spacial score (nSPS) is 15.1. The van der Waals surface area contributed by atoms with Crippen LogP contribution in [0.1, 0.15) is 26.3 Å². The highest BCUT2D eigenvalue weighted by Crippen LogP contribution is 2.22. The van der Waals surface area contributed by atoms with Crippen molar-refractivity contribution in [3.05, 3.63) is 29.6 Å². The Balaban J connectivity index is 1.90. The average molecular weight is 364 g/mol. The number of carbonyl (C=O) groups is 1. The smallest absolute Gasteiger partial charge is 0.410 e. The summed E-state index contributed by atoms with van der Waals surface area (Å²) in [7, 11) is -1.54. The molecule has 1 aliphatic rings. The van der Waals surface area contributed by atoms with Crippen LogP contribution in [0.15, 0.2) is 18.2 Å². The molecule has 0 aliphatic carbocycles. The fourth-order valence-corrected chi connectivity index (χ4v) is 2.62. The zero-order valence-corrected chi connectivity index (χ0v) is 16.8. The molecule has 0 spiro atoms. The van der Waals surface area contributed by atoms with Crippen LogP contribution in [0.5, 0.6) is 5.75 Å². The molecule has 1 heterocycles. The topological polar surface area (TPSA) is 38.8 Å². The van der Waals surface area contributed by atoms with Crippen LogP contribution in [0.25, 0.3) is 0 Å². The molecule has 0 radical (unpaired) electrons. The van der Waals surface area contributed by atoms with Gasteiger partial charge in [-0.15, -0.1) is 5.54 Å². The van der Waals surface area contributed by atoms with E-state index < -0.39 is 13.7 Å². The number of carbonyl (C=O) groups excluding carboxylic acids is 1. The molecule has 1 fully saturated rings. The minimum atomic E-state index is -1.54. The zero-order chi connectivity index (χ0) is 18.8. The highest BCUT2D eigenvalue weighted by Gasteiger charge is 2.35.